The van der Waals surface area contributed by atoms with Crippen molar-refractivity contribution in [3.05, 3.63) is 163 Å². The topological polar surface area (TPSA) is 26.0 Å². The molecule has 55 heavy (non-hydrogen) atoms. The van der Waals surface area contributed by atoms with Gasteiger partial charge in [0.25, 0.3) is 0 Å². The van der Waals surface area contributed by atoms with Crippen LogP contribution in [-0.2, 0) is 5.41 Å². The van der Waals surface area contributed by atoms with E-state index in [0.717, 1.165) is 34.3 Å². The van der Waals surface area contributed by atoms with E-state index < -0.39 is 0 Å². The monoisotopic (exact) mass is 705 g/mol. The van der Waals surface area contributed by atoms with E-state index in [1.807, 2.05) is 12.3 Å². The molecule has 5 aliphatic rings. The number of aromatic nitrogens is 1. The lowest BCUT2D eigenvalue weighted by Crippen LogP contribution is -2.55. The summed E-state index contributed by atoms with van der Waals surface area (Å²) in [5, 5.41) is 7.58. The molecule has 4 fully saturated rings. The summed E-state index contributed by atoms with van der Waals surface area (Å²) in [6.07, 6.45) is 8.76. The van der Waals surface area contributed by atoms with Crippen molar-refractivity contribution in [2.45, 2.75) is 37.5 Å². The fraction of sp³-hybridized carbons (Fsp3) is 0.189. The molecule has 2 heteroatoms. The van der Waals surface area contributed by atoms with E-state index in [0.29, 0.717) is 11.8 Å². The second-order valence-electron chi connectivity index (χ2n) is 17.1. The van der Waals surface area contributed by atoms with Crippen molar-refractivity contribution in [2.75, 3.05) is 0 Å². The Labute approximate surface area is 320 Å². The first-order valence-electron chi connectivity index (χ1n) is 20.3. The Morgan fingerprint density at radius 1 is 0.473 bits per heavy atom. The minimum atomic E-state index is 0.0333. The van der Waals surface area contributed by atoms with Crippen LogP contribution in [0.25, 0.3) is 88.1 Å². The molecule has 9 aromatic rings. The Bertz CT molecular complexity index is 3010. The van der Waals surface area contributed by atoms with Crippen molar-refractivity contribution >= 4 is 43.5 Å². The summed E-state index contributed by atoms with van der Waals surface area (Å²) in [5.74, 6) is 3.12. The smallest absolute Gasteiger partial charge is 0.143 e. The number of pyridine rings is 1. The predicted octanol–water partition coefficient (Wildman–Crippen LogP) is 14.0. The third kappa shape index (κ3) is 4.12. The maximum absolute atomic E-state index is 6.87. The molecule has 0 unspecified atom stereocenters. The van der Waals surface area contributed by atoms with E-state index in [1.54, 1.807) is 11.1 Å². The Morgan fingerprint density at radius 2 is 1.16 bits per heavy atom. The third-order valence-corrected chi connectivity index (χ3v) is 14.5. The highest BCUT2D eigenvalue weighted by atomic mass is 16.3. The zero-order valence-corrected chi connectivity index (χ0v) is 30.6. The van der Waals surface area contributed by atoms with Crippen LogP contribution in [0.2, 0.25) is 0 Å². The number of furan rings is 1. The summed E-state index contributed by atoms with van der Waals surface area (Å²) >= 11 is 0. The van der Waals surface area contributed by atoms with Crippen LogP contribution in [0.5, 0.6) is 0 Å². The van der Waals surface area contributed by atoms with Gasteiger partial charge in [0, 0.05) is 33.5 Å². The number of benzene rings is 7. The molecule has 2 aromatic heterocycles. The second kappa shape index (κ2) is 11.0. The van der Waals surface area contributed by atoms with Gasteiger partial charge in [0.15, 0.2) is 0 Å². The molecule has 0 amide bonds. The molecule has 262 valence electrons. The van der Waals surface area contributed by atoms with Gasteiger partial charge in [-0.25, -0.2) is 0 Å². The molecule has 2 nitrogen and oxygen atoms in total. The Kier molecular flexibility index (Phi) is 6.09. The van der Waals surface area contributed by atoms with Crippen LogP contribution in [0, 0.1) is 23.7 Å². The van der Waals surface area contributed by atoms with E-state index in [9.17, 15) is 0 Å². The van der Waals surface area contributed by atoms with Gasteiger partial charge in [-0.15, -0.1) is 0 Å². The van der Waals surface area contributed by atoms with Gasteiger partial charge in [0.05, 0.1) is 5.69 Å². The van der Waals surface area contributed by atoms with Crippen molar-refractivity contribution < 1.29 is 4.42 Å². The average Bonchev–Trinajstić information content (AvgIpc) is 3.74. The Balaban J connectivity index is 1.05. The number of nitrogens with zero attached hydrogens (tertiary/aromatic N) is 1. The summed E-state index contributed by atoms with van der Waals surface area (Å²) in [4.78, 5) is 4.61. The van der Waals surface area contributed by atoms with Gasteiger partial charge in [-0.05, 0) is 153 Å². The van der Waals surface area contributed by atoms with Crippen molar-refractivity contribution in [3.8, 4) is 44.6 Å². The molecule has 0 radical (unpaired) electrons. The van der Waals surface area contributed by atoms with E-state index >= 15 is 0 Å². The number of para-hydroxylation sites is 1. The van der Waals surface area contributed by atoms with Gasteiger partial charge in [-0.2, -0.15) is 0 Å². The van der Waals surface area contributed by atoms with E-state index in [-0.39, 0.29) is 5.41 Å². The van der Waals surface area contributed by atoms with Crippen LogP contribution < -0.4 is 0 Å². The highest BCUT2D eigenvalue weighted by Crippen LogP contribution is 2.70. The minimum absolute atomic E-state index is 0.0333. The molecule has 2 heterocycles. The standard InChI is InChI=1S/C53H39NO/c1-2-9-36-29-50-46(27-35(36)8-1)44-13-7-12-43(52(44)55-50)45-30-47-41-20-19-37(33-15-17-34(18-16-33)49-14-5-6-21-54-49)28-48(41)53(51(47)42-11-4-3-10-40(42)45)38-23-31-22-32(25-38)26-39(53)24-31/h1-21,27-32,38-39H,22-26H2. The molecule has 0 saturated heterocycles. The lowest BCUT2D eigenvalue weighted by molar-refractivity contribution is -0.0393. The first kappa shape index (κ1) is 30.3. The van der Waals surface area contributed by atoms with Gasteiger partial charge in [-0.1, -0.05) is 109 Å². The van der Waals surface area contributed by atoms with Crippen molar-refractivity contribution in [1.82, 2.24) is 4.98 Å². The minimum Gasteiger partial charge on any atom is -0.455 e. The molecular formula is C53H39NO. The molecule has 0 N–H and O–H groups in total. The van der Waals surface area contributed by atoms with Crippen LogP contribution in [0.1, 0.15) is 43.2 Å². The zero-order valence-electron chi connectivity index (χ0n) is 30.6. The van der Waals surface area contributed by atoms with E-state index in [1.165, 1.54) is 97.8 Å². The van der Waals surface area contributed by atoms with Crippen LogP contribution in [0.15, 0.2) is 156 Å². The van der Waals surface area contributed by atoms with Crippen LogP contribution in [-0.4, -0.2) is 4.98 Å². The Morgan fingerprint density at radius 3 is 1.95 bits per heavy atom. The number of fused-ring (bicyclic) bond motifs is 9. The summed E-state index contributed by atoms with van der Waals surface area (Å²) in [5.41, 5.74) is 15.2. The summed E-state index contributed by atoms with van der Waals surface area (Å²) in [6, 6.07) is 54.4. The number of hydrogen-bond acceptors (Lipinski definition) is 2. The molecule has 1 spiro atoms. The number of hydrogen-bond donors (Lipinski definition) is 0. The van der Waals surface area contributed by atoms with Gasteiger partial charge < -0.3 is 4.42 Å². The third-order valence-electron chi connectivity index (χ3n) is 14.5. The molecule has 4 saturated carbocycles. The van der Waals surface area contributed by atoms with Gasteiger partial charge in [0.2, 0.25) is 0 Å². The summed E-state index contributed by atoms with van der Waals surface area (Å²) in [7, 11) is 0. The lowest BCUT2D eigenvalue weighted by atomic mass is 9.43. The van der Waals surface area contributed by atoms with Crippen LogP contribution >= 0.6 is 0 Å². The summed E-state index contributed by atoms with van der Waals surface area (Å²) in [6.45, 7) is 0. The second-order valence-corrected chi connectivity index (χ2v) is 17.1. The molecule has 4 bridgehead atoms. The normalized spacial score (nSPS) is 23.3. The predicted molar refractivity (Wildman–Crippen MR) is 226 cm³/mol. The van der Waals surface area contributed by atoms with Gasteiger partial charge >= 0.3 is 0 Å². The maximum atomic E-state index is 6.87. The van der Waals surface area contributed by atoms with E-state index in [4.69, 9.17) is 4.42 Å². The molecule has 7 aromatic carbocycles. The molecule has 14 rings (SSSR count). The first-order chi connectivity index (χ1) is 27.2. The fourth-order valence-electron chi connectivity index (χ4n) is 12.5. The molecule has 5 aliphatic carbocycles. The average molecular weight is 706 g/mol. The Hall–Kier alpha value is -5.99. The highest BCUT2D eigenvalue weighted by molar-refractivity contribution is 6.16. The van der Waals surface area contributed by atoms with E-state index in [2.05, 4.69) is 145 Å². The molecule has 0 aliphatic heterocycles. The van der Waals surface area contributed by atoms with Gasteiger partial charge in [-0.3, -0.25) is 4.98 Å². The zero-order chi connectivity index (χ0) is 35.8. The quantitative estimate of drug-likeness (QED) is 0.183. The van der Waals surface area contributed by atoms with Crippen molar-refractivity contribution in [1.29, 1.82) is 0 Å². The maximum Gasteiger partial charge on any atom is 0.143 e. The SMILES string of the molecule is c1ccc(-c2ccc(-c3ccc4c(c3)C3(c5c-4cc(-c4cccc6c4oc4cc7ccccc7cc46)c4ccccc54)C4CC5CC(C4)CC3C5)cc2)nc1. The van der Waals surface area contributed by atoms with Crippen LogP contribution in [0.4, 0.5) is 0 Å². The van der Waals surface area contributed by atoms with Gasteiger partial charge in [0.1, 0.15) is 11.2 Å². The molecule has 0 atom stereocenters. The largest absolute Gasteiger partial charge is 0.455 e. The van der Waals surface area contributed by atoms with Crippen molar-refractivity contribution in [2.24, 2.45) is 23.7 Å². The van der Waals surface area contributed by atoms with Crippen molar-refractivity contribution in [3.63, 3.8) is 0 Å². The summed E-state index contributed by atoms with van der Waals surface area (Å²) < 4.78 is 6.87. The molecular weight excluding hydrogens is 667 g/mol. The number of rotatable bonds is 3. The fourth-order valence-corrected chi connectivity index (χ4v) is 12.5. The highest BCUT2D eigenvalue weighted by Gasteiger charge is 2.62. The lowest BCUT2D eigenvalue weighted by Gasteiger charge is -2.61. The van der Waals surface area contributed by atoms with Crippen LogP contribution in [0.3, 0.4) is 0 Å². The first-order valence-corrected chi connectivity index (χ1v) is 20.3.